The molecule has 1 aromatic carbocycles. The Labute approximate surface area is 219 Å². The maximum absolute atomic E-state index is 16.0. The van der Waals surface area contributed by atoms with Crippen molar-refractivity contribution in [3.63, 3.8) is 0 Å². The molecule has 204 valence electrons. The third-order valence-electron chi connectivity index (χ3n) is 7.23. The van der Waals surface area contributed by atoms with Crippen molar-refractivity contribution in [1.29, 1.82) is 0 Å². The first-order valence-electron chi connectivity index (χ1n) is 12.9. The SMILES string of the molecule is C=CC[C@@H]1OC(C)(C)O[C@@H]1[C@H](OCc1ccc(OC)cc1)/C(F)=C\[C@@H](C)C(C)O[Si](C)(C)C(C)(C)C. The van der Waals surface area contributed by atoms with Crippen molar-refractivity contribution in [2.24, 2.45) is 5.92 Å². The van der Waals surface area contributed by atoms with E-state index >= 15 is 4.39 Å². The van der Waals surface area contributed by atoms with E-state index in [1.54, 1.807) is 19.3 Å². The molecule has 5 nitrogen and oxygen atoms in total. The Hall–Kier alpha value is -1.51. The van der Waals surface area contributed by atoms with Crippen molar-refractivity contribution in [1.82, 2.24) is 0 Å². The Bertz CT molecular complexity index is 875. The summed E-state index contributed by atoms with van der Waals surface area (Å²) >= 11 is 0. The van der Waals surface area contributed by atoms with Crippen LogP contribution in [0.25, 0.3) is 0 Å². The molecular formula is C29H47FO5Si. The second-order valence-corrected chi connectivity index (χ2v) is 16.5. The summed E-state index contributed by atoms with van der Waals surface area (Å²) in [5.41, 5.74) is 0.912. The van der Waals surface area contributed by atoms with Crippen LogP contribution in [0.4, 0.5) is 4.39 Å². The molecule has 5 atom stereocenters. The third-order valence-corrected chi connectivity index (χ3v) is 11.8. The molecule has 36 heavy (non-hydrogen) atoms. The van der Waals surface area contributed by atoms with Gasteiger partial charge in [-0.15, -0.1) is 6.58 Å². The van der Waals surface area contributed by atoms with Crippen LogP contribution < -0.4 is 4.74 Å². The topological polar surface area (TPSA) is 46.2 Å². The molecule has 0 saturated carbocycles. The highest BCUT2D eigenvalue weighted by atomic mass is 28.4. The van der Waals surface area contributed by atoms with Gasteiger partial charge in [-0.05, 0) is 69.1 Å². The lowest BCUT2D eigenvalue weighted by molar-refractivity contribution is -0.158. The Morgan fingerprint density at radius 3 is 2.31 bits per heavy atom. The zero-order chi connectivity index (χ0) is 27.3. The van der Waals surface area contributed by atoms with Crippen molar-refractivity contribution < 1.29 is 27.8 Å². The highest BCUT2D eigenvalue weighted by molar-refractivity contribution is 6.74. The smallest absolute Gasteiger partial charge is 0.192 e. The van der Waals surface area contributed by atoms with Crippen LogP contribution in [0.3, 0.4) is 0 Å². The van der Waals surface area contributed by atoms with Gasteiger partial charge in [-0.2, -0.15) is 0 Å². The predicted molar refractivity (Wildman–Crippen MR) is 146 cm³/mol. The van der Waals surface area contributed by atoms with Crippen molar-refractivity contribution in [2.45, 2.75) is 110 Å². The highest BCUT2D eigenvalue weighted by Gasteiger charge is 2.47. The Morgan fingerprint density at radius 1 is 1.17 bits per heavy atom. The fourth-order valence-corrected chi connectivity index (χ4v) is 5.43. The molecule has 1 aliphatic heterocycles. The van der Waals surface area contributed by atoms with E-state index in [1.165, 1.54) is 0 Å². The molecule has 0 radical (unpaired) electrons. The van der Waals surface area contributed by atoms with Gasteiger partial charge in [-0.1, -0.05) is 45.9 Å². The monoisotopic (exact) mass is 522 g/mol. The molecular weight excluding hydrogens is 475 g/mol. The second-order valence-electron chi connectivity index (χ2n) is 11.7. The number of benzene rings is 1. The van der Waals surface area contributed by atoms with Crippen LogP contribution in [0.5, 0.6) is 5.75 Å². The summed E-state index contributed by atoms with van der Waals surface area (Å²) in [5.74, 6) is -0.613. The van der Waals surface area contributed by atoms with E-state index < -0.39 is 26.3 Å². The summed E-state index contributed by atoms with van der Waals surface area (Å²) in [6, 6.07) is 7.54. The summed E-state index contributed by atoms with van der Waals surface area (Å²) in [6.07, 6.45) is 1.87. The minimum Gasteiger partial charge on any atom is -0.497 e. The maximum atomic E-state index is 16.0. The first kappa shape index (κ1) is 30.7. The van der Waals surface area contributed by atoms with E-state index in [0.29, 0.717) is 6.42 Å². The summed E-state index contributed by atoms with van der Waals surface area (Å²) in [7, 11) is -0.369. The van der Waals surface area contributed by atoms with Gasteiger partial charge in [0.05, 0.1) is 19.8 Å². The van der Waals surface area contributed by atoms with Crippen molar-refractivity contribution >= 4 is 8.32 Å². The fraction of sp³-hybridized carbons (Fsp3) is 0.655. The van der Waals surface area contributed by atoms with Gasteiger partial charge >= 0.3 is 0 Å². The predicted octanol–water partition coefficient (Wildman–Crippen LogP) is 7.58. The van der Waals surface area contributed by atoms with Gasteiger partial charge in [-0.3, -0.25) is 0 Å². The summed E-state index contributed by atoms with van der Waals surface area (Å²) < 4.78 is 46.2. The van der Waals surface area contributed by atoms with Crippen LogP contribution in [-0.2, 0) is 25.2 Å². The fourth-order valence-electron chi connectivity index (χ4n) is 3.94. The first-order valence-corrected chi connectivity index (χ1v) is 15.8. The molecule has 7 heteroatoms. The summed E-state index contributed by atoms with van der Waals surface area (Å²) in [6.45, 7) is 22.8. The van der Waals surface area contributed by atoms with Crippen molar-refractivity contribution in [3.8, 4) is 5.75 Å². The zero-order valence-electron chi connectivity index (χ0n) is 23.9. The average Bonchev–Trinajstić information content (AvgIpc) is 3.07. The van der Waals surface area contributed by atoms with E-state index in [1.807, 2.05) is 52.0 Å². The Balaban J connectivity index is 2.29. The number of halogens is 1. The number of ether oxygens (including phenoxy) is 4. The number of rotatable bonds is 12. The molecule has 0 aromatic heterocycles. The molecule has 1 unspecified atom stereocenters. The van der Waals surface area contributed by atoms with E-state index in [-0.39, 0.29) is 35.6 Å². The van der Waals surface area contributed by atoms with Crippen LogP contribution in [0, 0.1) is 5.92 Å². The van der Waals surface area contributed by atoms with E-state index in [9.17, 15) is 0 Å². The average molecular weight is 523 g/mol. The van der Waals surface area contributed by atoms with Gasteiger partial charge in [0, 0.05) is 12.0 Å². The molecule has 1 fully saturated rings. The Morgan fingerprint density at radius 2 is 1.78 bits per heavy atom. The third kappa shape index (κ3) is 8.25. The van der Waals surface area contributed by atoms with Crippen molar-refractivity contribution in [3.05, 3.63) is 54.4 Å². The van der Waals surface area contributed by atoms with Gasteiger partial charge in [0.1, 0.15) is 23.8 Å². The van der Waals surface area contributed by atoms with Gasteiger partial charge < -0.3 is 23.4 Å². The molecule has 1 heterocycles. The van der Waals surface area contributed by atoms with Gasteiger partial charge in [-0.25, -0.2) is 4.39 Å². The van der Waals surface area contributed by atoms with Gasteiger partial charge in [0.15, 0.2) is 14.1 Å². The standard InChI is InChI=1S/C29H47FO5Si/c1-12-13-25-27(34-29(7,8)33-25)26(32-19-22-14-16-23(31-9)17-15-22)24(30)18-20(2)21(3)35-36(10,11)28(4,5)6/h12,14-18,20-21,25-27H,1,13,19H2,2-11H3/b24-18+/t20-,21?,25+,26-,27+/m1/s1. The quantitative estimate of drug-likeness (QED) is 0.209. The molecule has 1 saturated heterocycles. The number of methoxy groups -OCH3 is 1. The van der Waals surface area contributed by atoms with Crippen LogP contribution in [0.15, 0.2) is 48.8 Å². The van der Waals surface area contributed by atoms with E-state index in [4.69, 9.17) is 23.4 Å². The maximum Gasteiger partial charge on any atom is 0.192 e. The van der Waals surface area contributed by atoms with Crippen LogP contribution in [0.2, 0.25) is 18.1 Å². The molecule has 2 rings (SSSR count). The summed E-state index contributed by atoms with van der Waals surface area (Å²) in [5, 5.41) is 0.0752. The lowest BCUT2D eigenvalue weighted by Crippen LogP contribution is -2.44. The molecule has 1 aromatic rings. The van der Waals surface area contributed by atoms with E-state index in [2.05, 4.69) is 40.4 Å². The lowest BCUT2D eigenvalue weighted by atomic mass is 9.99. The molecule has 0 bridgehead atoms. The molecule has 0 aliphatic carbocycles. The van der Waals surface area contributed by atoms with Crippen molar-refractivity contribution in [2.75, 3.05) is 7.11 Å². The minimum absolute atomic E-state index is 0.0752. The number of hydrogen-bond acceptors (Lipinski definition) is 5. The largest absolute Gasteiger partial charge is 0.497 e. The highest BCUT2D eigenvalue weighted by Crippen LogP contribution is 2.39. The molecule has 1 aliphatic rings. The van der Waals surface area contributed by atoms with Gasteiger partial charge in [0.25, 0.3) is 0 Å². The normalized spacial score (nSPS) is 23.2. The van der Waals surface area contributed by atoms with E-state index in [0.717, 1.165) is 11.3 Å². The molecule has 0 spiro atoms. The molecule has 0 N–H and O–H groups in total. The number of hydrogen-bond donors (Lipinski definition) is 0. The molecule has 0 amide bonds. The lowest BCUT2D eigenvalue weighted by Gasteiger charge is -2.39. The Kier molecular flexibility index (Phi) is 10.5. The zero-order valence-corrected chi connectivity index (χ0v) is 24.9. The minimum atomic E-state index is -1.99. The van der Waals surface area contributed by atoms with Crippen LogP contribution in [-0.4, -0.2) is 45.6 Å². The van der Waals surface area contributed by atoms with Gasteiger partial charge in [0.2, 0.25) is 0 Å². The summed E-state index contributed by atoms with van der Waals surface area (Å²) in [4.78, 5) is 0. The first-order chi connectivity index (χ1) is 16.6. The van der Waals surface area contributed by atoms with Crippen LogP contribution in [0.1, 0.15) is 60.5 Å². The van der Waals surface area contributed by atoms with Crippen LogP contribution >= 0.6 is 0 Å². The second kappa shape index (κ2) is 12.4.